The average molecular weight is 265 g/mol. The van der Waals surface area contributed by atoms with Gasteiger partial charge in [0.25, 0.3) is 0 Å². The van der Waals surface area contributed by atoms with Crippen LogP contribution in [0.1, 0.15) is 31.9 Å². The van der Waals surface area contributed by atoms with Gasteiger partial charge in [-0.15, -0.1) is 0 Å². The monoisotopic (exact) mass is 264 g/mol. The molecule has 1 N–H and O–H groups in total. The van der Waals surface area contributed by atoms with Crippen LogP contribution in [0.2, 0.25) is 5.02 Å². The molecule has 1 unspecified atom stereocenters. The topological polar surface area (TPSA) is 15.3 Å². The second-order valence-corrected chi connectivity index (χ2v) is 5.10. The van der Waals surface area contributed by atoms with E-state index in [0.29, 0.717) is 6.04 Å². The minimum atomic E-state index is 0.304. The van der Waals surface area contributed by atoms with E-state index in [1.807, 2.05) is 0 Å². The summed E-state index contributed by atoms with van der Waals surface area (Å²) in [5.74, 6) is 0. The van der Waals surface area contributed by atoms with Crippen LogP contribution in [-0.4, -0.2) is 19.6 Å². The summed E-state index contributed by atoms with van der Waals surface area (Å²) in [5, 5.41) is 4.25. The summed E-state index contributed by atoms with van der Waals surface area (Å²) in [5.41, 5.74) is 2.40. The number of halogens is 1. The van der Waals surface area contributed by atoms with E-state index in [4.69, 9.17) is 11.6 Å². The summed E-state index contributed by atoms with van der Waals surface area (Å²) in [6.45, 7) is 7.27. The van der Waals surface area contributed by atoms with E-state index >= 15 is 0 Å². The predicted molar refractivity (Wildman–Crippen MR) is 79.5 cm³/mol. The third-order valence-electron chi connectivity index (χ3n) is 3.38. The van der Waals surface area contributed by atoms with Crippen molar-refractivity contribution in [1.29, 1.82) is 0 Å². The number of hydrogen-bond donors (Lipinski definition) is 1. The Labute approximate surface area is 115 Å². The van der Waals surface area contributed by atoms with Crippen molar-refractivity contribution < 1.29 is 0 Å². The SMILES string of the molecule is CCNC(C)c1ccc(N2CC=CCC2)cc1Cl. The van der Waals surface area contributed by atoms with Crippen LogP contribution < -0.4 is 10.2 Å². The molecule has 0 spiro atoms. The lowest BCUT2D eigenvalue weighted by Crippen LogP contribution is -2.26. The molecule has 98 valence electrons. The van der Waals surface area contributed by atoms with Gasteiger partial charge in [-0.25, -0.2) is 0 Å². The summed E-state index contributed by atoms with van der Waals surface area (Å²) in [7, 11) is 0. The predicted octanol–water partition coefficient (Wildman–Crippen LogP) is 3.78. The average Bonchev–Trinajstić information content (AvgIpc) is 2.40. The molecule has 0 fully saturated rings. The van der Waals surface area contributed by atoms with Crippen molar-refractivity contribution in [3.63, 3.8) is 0 Å². The number of rotatable bonds is 4. The van der Waals surface area contributed by atoms with Crippen molar-refractivity contribution in [2.24, 2.45) is 0 Å². The molecule has 1 aromatic carbocycles. The third kappa shape index (κ3) is 3.06. The molecule has 1 aromatic rings. The van der Waals surface area contributed by atoms with E-state index < -0.39 is 0 Å². The zero-order valence-corrected chi connectivity index (χ0v) is 11.9. The van der Waals surface area contributed by atoms with Crippen molar-refractivity contribution >= 4 is 17.3 Å². The second-order valence-electron chi connectivity index (χ2n) is 4.69. The summed E-state index contributed by atoms with van der Waals surface area (Å²) in [6, 6.07) is 6.71. The van der Waals surface area contributed by atoms with E-state index in [9.17, 15) is 0 Å². The maximum absolute atomic E-state index is 6.39. The maximum atomic E-state index is 6.39. The largest absolute Gasteiger partial charge is 0.367 e. The van der Waals surface area contributed by atoms with E-state index in [0.717, 1.165) is 31.1 Å². The molecule has 0 amide bonds. The van der Waals surface area contributed by atoms with Crippen LogP contribution in [0.5, 0.6) is 0 Å². The highest BCUT2D eigenvalue weighted by atomic mass is 35.5. The van der Waals surface area contributed by atoms with Crippen molar-refractivity contribution in [3.05, 3.63) is 40.9 Å². The molecular weight excluding hydrogens is 244 g/mol. The Hall–Kier alpha value is -0.990. The van der Waals surface area contributed by atoms with Crippen LogP contribution in [0.15, 0.2) is 30.4 Å². The molecule has 2 nitrogen and oxygen atoms in total. The first kappa shape index (κ1) is 13.4. The van der Waals surface area contributed by atoms with Crippen LogP contribution in [-0.2, 0) is 0 Å². The van der Waals surface area contributed by atoms with Gasteiger partial charge in [0.15, 0.2) is 0 Å². The summed E-state index contributed by atoms with van der Waals surface area (Å²) in [4.78, 5) is 2.35. The molecule has 0 aromatic heterocycles. The fourth-order valence-electron chi connectivity index (χ4n) is 2.36. The fourth-order valence-corrected chi connectivity index (χ4v) is 2.69. The highest BCUT2D eigenvalue weighted by molar-refractivity contribution is 6.31. The van der Waals surface area contributed by atoms with Crippen LogP contribution in [0.3, 0.4) is 0 Å². The molecule has 2 rings (SSSR count). The molecule has 0 saturated heterocycles. The van der Waals surface area contributed by atoms with Crippen LogP contribution in [0.25, 0.3) is 0 Å². The van der Waals surface area contributed by atoms with Crippen LogP contribution >= 0.6 is 11.6 Å². The Balaban J connectivity index is 2.16. The van der Waals surface area contributed by atoms with Gasteiger partial charge in [0.2, 0.25) is 0 Å². The van der Waals surface area contributed by atoms with Gasteiger partial charge >= 0.3 is 0 Å². The van der Waals surface area contributed by atoms with Gasteiger partial charge in [-0.2, -0.15) is 0 Å². The van der Waals surface area contributed by atoms with Crippen molar-refractivity contribution in [1.82, 2.24) is 5.32 Å². The van der Waals surface area contributed by atoms with Gasteiger partial charge in [0.05, 0.1) is 0 Å². The number of nitrogens with one attached hydrogen (secondary N) is 1. The molecule has 0 bridgehead atoms. The number of benzene rings is 1. The van der Waals surface area contributed by atoms with Gasteiger partial charge in [-0.3, -0.25) is 0 Å². The van der Waals surface area contributed by atoms with Crippen molar-refractivity contribution in [2.45, 2.75) is 26.3 Å². The molecular formula is C15H21ClN2. The first-order valence-corrected chi connectivity index (χ1v) is 7.03. The van der Waals surface area contributed by atoms with Gasteiger partial charge in [-0.1, -0.05) is 36.7 Å². The van der Waals surface area contributed by atoms with E-state index in [1.165, 1.54) is 11.3 Å². The maximum Gasteiger partial charge on any atom is 0.0474 e. The smallest absolute Gasteiger partial charge is 0.0474 e. The van der Waals surface area contributed by atoms with E-state index in [-0.39, 0.29) is 0 Å². The van der Waals surface area contributed by atoms with Gasteiger partial charge in [-0.05, 0) is 37.6 Å². The molecule has 3 heteroatoms. The lowest BCUT2D eigenvalue weighted by molar-refractivity contribution is 0.598. The fraction of sp³-hybridized carbons (Fsp3) is 0.467. The summed E-state index contributed by atoms with van der Waals surface area (Å²) >= 11 is 6.39. The summed E-state index contributed by atoms with van der Waals surface area (Å²) in [6.07, 6.45) is 5.57. The highest BCUT2D eigenvalue weighted by Crippen LogP contribution is 2.28. The zero-order chi connectivity index (χ0) is 13.0. The Morgan fingerprint density at radius 3 is 2.83 bits per heavy atom. The normalized spacial score (nSPS) is 16.9. The number of anilines is 1. The minimum absolute atomic E-state index is 0.304. The Kier molecular flexibility index (Phi) is 4.67. The summed E-state index contributed by atoms with van der Waals surface area (Å²) < 4.78 is 0. The Bertz CT molecular complexity index is 429. The van der Waals surface area contributed by atoms with Crippen LogP contribution in [0.4, 0.5) is 5.69 Å². The molecule has 1 heterocycles. The Morgan fingerprint density at radius 1 is 1.39 bits per heavy atom. The molecule has 1 aliphatic heterocycles. The Morgan fingerprint density at radius 2 is 2.22 bits per heavy atom. The first-order chi connectivity index (χ1) is 8.72. The molecule has 0 radical (unpaired) electrons. The van der Waals surface area contributed by atoms with E-state index in [1.54, 1.807) is 0 Å². The highest BCUT2D eigenvalue weighted by Gasteiger charge is 2.12. The molecule has 1 aliphatic rings. The third-order valence-corrected chi connectivity index (χ3v) is 3.71. The molecule has 0 saturated carbocycles. The second kappa shape index (κ2) is 6.26. The lowest BCUT2D eigenvalue weighted by Gasteiger charge is -2.26. The zero-order valence-electron chi connectivity index (χ0n) is 11.1. The van der Waals surface area contributed by atoms with Gasteiger partial charge in [0.1, 0.15) is 0 Å². The minimum Gasteiger partial charge on any atom is -0.367 e. The van der Waals surface area contributed by atoms with E-state index in [2.05, 4.69) is 54.4 Å². The standard InChI is InChI=1S/C15H21ClN2/c1-3-17-12(2)14-8-7-13(11-15(14)16)18-9-5-4-6-10-18/h4-5,7-8,11-12,17H,3,6,9-10H2,1-2H3. The quantitative estimate of drug-likeness (QED) is 0.833. The van der Waals surface area contributed by atoms with Crippen molar-refractivity contribution in [3.8, 4) is 0 Å². The van der Waals surface area contributed by atoms with Crippen molar-refractivity contribution in [2.75, 3.05) is 24.5 Å². The number of nitrogens with zero attached hydrogens (tertiary/aromatic N) is 1. The van der Waals surface area contributed by atoms with Crippen LogP contribution in [0, 0.1) is 0 Å². The molecule has 0 aliphatic carbocycles. The first-order valence-electron chi connectivity index (χ1n) is 6.65. The number of hydrogen-bond acceptors (Lipinski definition) is 2. The molecule has 1 atom stereocenters. The van der Waals surface area contributed by atoms with Gasteiger partial charge in [0, 0.05) is 29.8 Å². The van der Waals surface area contributed by atoms with Gasteiger partial charge < -0.3 is 10.2 Å². The molecule has 18 heavy (non-hydrogen) atoms. The lowest BCUT2D eigenvalue weighted by atomic mass is 10.1.